The maximum atomic E-state index is 12.4. The molecule has 3 rings (SSSR count). The van der Waals surface area contributed by atoms with Gasteiger partial charge in [0.15, 0.2) is 0 Å². The highest BCUT2D eigenvalue weighted by atomic mass is 35.5. The number of hydrogen-bond donors (Lipinski definition) is 2. The zero-order valence-corrected chi connectivity index (χ0v) is 13.1. The van der Waals surface area contributed by atoms with Crippen LogP contribution >= 0.6 is 11.6 Å². The van der Waals surface area contributed by atoms with E-state index >= 15 is 0 Å². The van der Waals surface area contributed by atoms with Crippen LogP contribution in [0, 0.1) is 23.7 Å². The highest BCUT2D eigenvalue weighted by Gasteiger charge is 2.53. The van der Waals surface area contributed by atoms with Crippen molar-refractivity contribution in [3.05, 3.63) is 34.9 Å². The summed E-state index contributed by atoms with van der Waals surface area (Å²) in [6, 6.07) is 7.55. The number of rotatable bonds is 5. The summed E-state index contributed by atoms with van der Waals surface area (Å²) in [4.78, 5) is 23.9. The Balaban J connectivity index is 1.56. The Morgan fingerprint density at radius 2 is 1.95 bits per heavy atom. The molecular weight excluding hydrogens is 302 g/mol. The third kappa shape index (κ3) is 2.98. The number of nitrogens with one attached hydrogen (secondary N) is 1. The molecule has 2 N–H and O–H groups in total. The second-order valence-corrected chi connectivity index (χ2v) is 6.83. The Kier molecular flexibility index (Phi) is 4.39. The summed E-state index contributed by atoms with van der Waals surface area (Å²) >= 11 is 5.93. The molecule has 2 bridgehead atoms. The summed E-state index contributed by atoms with van der Waals surface area (Å²) in [6.07, 6.45) is 3.53. The van der Waals surface area contributed by atoms with Gasteiger partial charge in [0.1, 0.15) is 0 Å². The molecule has 22 heavy (non-hydrogen) atoms. The van der Waals surface area contributed by atoms with Crippen LogP contribution in [-0.4, -0.2) is 23.5 Å². The fraction of sp³-hybridized carbons (Fsp3) is 0.529. The Morgan fingerprint density at radius 1 is 1.23 bits per heavy atom. The summed E-state index contributed by atoms with van der Waals surface area (Å²) < 4.78 is 0. The van der Waals surface area contributed by atoms with Crippen LogP contribution in [0.5, 0.6) is 0 Å². The number of benzene rings is 1. The molecule has 1 aromatic carbocycles. The zero-order chi connectivity index (χ0) is 15.7. The lowest BCUT2D eigenvalue weighted by Gasteiger charge is -2.27. The highest BCUT2D eigenvalue weighted by Crippen LogP contribution is 2.52. The Labute approximate surface area is 134 Å². The van der Waals surface area contributed by atoms with Crippen molar-refractivity contribution in [2.24, 2.45) is 23.7 Å². The van der Waals surface area contributed by atoms with Gasteiger partial charge >= 0.3 is 5.97 Å². The number of aliphatic carboxylic acids is 1. The lowest BCUT2D eigenvalue weighted by molar-refractivity contribution is -0.149. The van der Waals surface area contributed by atoms with Crippen molar-refractivity contribution in [1.82, 2.24) is 5.32 Å². The van der Waals surface area contributed by atoms with Crippen LogP contribution in [0.3, 0.4) is 0 Å². The van der Waals surface area contributed by atoms with Gasteiger partial charge in [-0.3, -0.25) is 9.59 Å². The Hall–Kier alpha value is -1.55. The molecule has 0 spiro atoms. The minimum Gasteiger partial charge on any atom is -0.481 e. The second-order valence-electron chi connectivity index (χ2n) is 6.39. The molecule has 2 aliphatic rings. The number of fused-ring (bicyclic) bond motifs is 2. The predicted octanol–water partition coefficient (Wildman–Crippen LogP) is 2.75. The van der Waals surface area contributed by atoms with Crippen molar-refractivity contribution in [3.8, 4) is 0 Å². The van der Waals surface area contributed by atoms with Gasteiger partial charge in [0.25, 0.3) is 0 Å². The van der Waals surface area contributed by atoms with Crippen LogP contribution in [0.2, 0.25) is 5.02 Å². The lowest BCUT2D eigenvalue weighted by atomic mass is 9.78. The zero-order valence-electron chi connectivity index (χ0n) is 12.3. The molecule has 4 atom stereocenters. The van der Waals surface area contributed by atoms with Gasteiger partial charge in [-0.2, -0.15) is 0 Å². The predicted molar refractivity (Wildman–Crippen MR) is 83.6 cm³/mol. The molecule has 2 saturated carbocycles. The molecule has 2 fully saturated rings. The topological polar surface area (TPSA) is 66.4 Å². The first-order valence-corrected chi connectivity index (χ1v) is 8.19. The molecule has 0 saturated heterocycles. The number of hydrogen-bond acceptors (Lipinski definition) is 2. The van der Waals surface area contributed by atoms with Crippen LogP contribution in [0.4, 0.5) is 0 Å². The third-order valence-electron chi connectivity index (χ3n) is 5.11. The average molecular weight is 322 g/mol. The van der Waals surface area contributed by atoms with E-state index in [4.69, 9.17) is 11.6 Å². The quantitative estimate of drug-likeness (QED) is 0.876. The van der Waals surface area contributed by atoms with E-state index in [-0.39, 0.29) is 23.7 Å². The van der Waals surface area contributed by atoms with Crippen LogP contribution < -0.4 is 5.32 Å². The molecular formula is C17H20ClNO3. The fourth-order valence-electron chi connectivity index (χ4n) is 4.16. The van der Waals surface area contributed by atoms with Crippen LogP contribution in [-0.2, 0) is 16.0 Å². The van der Waals surface area contributed by atoms with E-state index in [1.165, 1.54) is 0 Å². The van der Waals surface area contributed by atoms with Gasteiger partial charge in [-0.25, -0.2) is 0 Å². The summed E-state index contributed by atoms with van der Waals surface area (Å²) in [6.45, 7) is 0.513. The van der Waals surface area contributed by atoms with Gasteiger partial charge in [0, 0.05) is 11.6 Å². The van der Waals surface area contributed by atoms with Crippen molar-refractivity contribution in [2.75, 3.05) is 6.54 Å². The Bertz CT molecular complexity index is 589. The monoisotopic (exact) mass is 321 g/mol. The molecule has 0 unspecified atom stereocenters. The van der Waals surface area contributed by atoms with E-state index < -0.39 is 11.9 Å². The van der Waals surface area contributed by atoms with E-state index in [1.54, 1.807) is 0 Å². The van der Waals surface area contributed by atoms with Crippen LogP contribution in [0.1, 0.15) is 24.8 Å². The number of carbonyl (C=O) groups excluding carboxylic acids is 1. The van der Waals surface area contributed by atoms with Gasteiger partial charge in [0.05, 0.1) is 11.8 Å². The summed E-state index contributed by atoms with van der Waals surface area (Å²) in [5, 5.41) is 13.0. The van der Waals surface area contributed by atoms with Crippen molar-refractivity contribution >= 4 is 23.5 Å². The van der Waals surface area contributed by atoms with Crippen molar-refractivity contribution < 1.29 is 14.7 Å². The number of amides is 1. The largest absolute Gasteiger partial charge is 0.481 e. The van der Waals surface area contributed by atoms with E-state index in [9.17, 15) is 14.7 Å². The van der Waals surface area contributed by atoms with E-state index in [1.807, 2.05) is 24.3 Å². The van der Waals surface area contributed by atoms with Gasteiger partial charge in [-0.1, -0.05) is 23.7 Å². The minimum absolute atomic E-state index is 0.0957. The third-order valence-corrected chi connectivity index (χ3v) is 5.34. The van der Waals surface area contributed by atoms with Gasteiger partial charge in [-0.15, -0.1) is 0 Å². The molecule has 0 radical (unpaired) electrons. The van der Waals surface area contributed by atoms with Gasteiger partial charge < -0.3 is 10.4 Å². The van der Waals surface area contributed by atoms with E-state index in [0.717, 1.165) is 24.8 Å². The smallest absolute Gasteiger partial charge is 0.307 e. The lowest BCUT2D eigenvalue weighted by Crippen LogP contribution is -2.41. The van der Waals surface area contributed by atoms with Crippen LogP contribution in [0.15, 0.2) is 24.3 Å². The minimum atomic E-state index is -0.817. The molecule has 4 nitrogen and oxygen atoms in total. The molecule has 2 aliphatic carbocycles. The average Bonchev–Trinajstić information content (AvgIpc) is 3.07. The standard InChI is InChI=1S/C17H20ClNO3/c18-13-3-1-2-10(8-13)6-7-19-16(20)14-11-4-5-12(9-11)15(14)17(21)22/h1-3,8,11-12,14-15H,4-7,9H2,(H,19,20)(H,21,22)/t11-,12-,14+,15+/m0/s1. The number of carboxylic acid groups (broad SMARTS) is 1. The molecule has 118 valence electrons. The van der Waals surface area contributed by atoms with Gasteiger partial charge in [0.2, 0.25) is 5.91 Å². The fourth-order valence-corrected chi connectivity index (χ4v) is 4.38. The first-order chi connectivity index (χ1) is 10.6. The summed E-state index contributed by atoms with van der Waals surface area (Å²) in [5.41, 5.74) is 1.07. The normalized spacial score (nSPS) is 29.5. The molecule has 0 aliphatic heterocycles. The van der Waals surface area contributed by atoms with E-state index in [2.05, 4.69) is 5.32 Å². The summed E-state index contributed by atoms with van der Waals surface area (Å²) in [5.74, 6) is -1.33. The summed E-state index contributed by atoms with van der Waals surface area (Å²) in [7, 11) is 0. The number of carboxylic acids is 1. The van der Waals surface area contributed by atoms with Crippen molar-refractivity contribution in [1.29, 1.82) is 0 Å². The first-order valence-electron chi connectivity index (χ1n) is 7.81. The molecule has 0 heterocycles. The maximum absolute atomic E-state index is 12.4. The van der Waals surface area contributed by atoms with Crippen molar-refractivity contribution in [3.63, 3.8) is 0 Å². The van der Waals surface area contributed by atoms with Gasteiger partial charge in [-0.05, 0) is 55.2 Å². The SMILES string of the molecule is O=C(O)[C@@H]1[C@H]2CC[C@@H](C2)[C@H]1C(=O)NCCc1cccc(Cl)c1. The second kappa shape index (κ2) is 6.29. The highest BCUT2D eigenvalue weighted by molar-refractivity contribution is 6.30. The van der Waals surface area contributed by atoms with E-state index in [0.29, 0.717) is 18.0 Å². The molecule has 1 amide bonds. The number of carbonyl (C=O) groups is 2. The Morgan fingerprint density at radius 3 is 2.64 bits per heavy atom. The molecule has 5 heteroatoms. The molecule has 0 aromatic heterocycles. The van der Waals surface area contributed by atoms with Crippen LogP contribution in [0.25, 0.3) is 0 Å². The van der Waals surface area contributed by atoms with Crippen molar-refractivity contribution in [2.45, 2.75) is 25.7 Å². The first kappa shape index (κ1) is 15.3. The number of halogens is 1. The molecule has 1 aromatic rings. The maximum Gasteiger partial charge on any atom is 0.307 e.